The van der Waals surface area contributed by atoms with Crippen LogP contribution in [0.5, 0.6) is 0 Å². The summed E-state index contributed by atoms with van der Waals surface area (Å²) in [6.07, 6.45) is 4.59. The third-order valence-corrected chi connectivity index (χ3v) is 9.60. The lowest BCUT2D eigenvalue weighted by Gasteiger charge is -2.16. The fraction of sp³-hybridized carbons (Fsp3) is 0.324. The zero-order chi connectivity index (χ0) is 33.8. The van der Waals surface area contributed by atoms with E-state index in [4.69, 9.17) is 11.6 Å². The lowest BCUT2D eigenvalue weighted by Crippen LogP contribution is -2.23. The number of amides is 1. The molecule has 0 spiro atoms. The number of pyridine rings is 2. The Labute approximate surface area is 284 Å². The number of carboxylic acid groups (broad SMARTS) is 1. The normalized spacial score (nSPS) is 18.2. The lowest BCUT2D eigenvalue weighted by molar-refractivity contribution is -0.141. The molecule has 2 saturated heterocycles. The summed E-state index contributed by atoms with van der Waals surface area (Å²) in [6.45, 7) is 5.89. The van der Waals surface area contributed by atoms with Crippen molar-refractivity contribution in [2.45, 2.75) is 45.4 Å². The van der Waals surface area contributed by atoms with Crippen LogP contribution in [-0.2, 0) is 24.3 Å². The second-order valence-corrected chi connectivity index (χ2v) is 13.0. The molecule has 0 unspecified atom stereocenters. The van der Waals surface area contributed by atoms with E-state index in [1.165, 1.54) is 0 Å². The fourth-order valence-electron chi connectivity index (χ4n) is 6.42. The number of rotatable bonds is 11. The van der Waals surface area contributed by atoms with Crippen LogP contribution in [0.25, 0.3) is 11.1 Å². The summed E-state index contributed by atoms with van der Waals surface area (Å²) in [5.74, 6) is -1.60. The van der Waals surface area contributed by atoms with Gasteiger partial charge in [-0.15, -0.1) is 0 Å². The molecular weight excluding hydrogens is 630 g/mol. The van der Waals surface area contributed by atoms with E-state index in [-0.39, 0.29) is 35.8 Å². The van der Waals surface area contributed by atoms with Gasteiger partial charge in [0.1, 0.15) is 11.4 Å². The topological polar surface area (TPSA) is 136 Å². The summed E-state index contributed by atoms with van der Waals surface area (Å²) in [4.78, 5) is 50.6. The van der Waals surface area contributed by atoms with Gasteiger partial charge >= 0.3 is 5.97 Å². The predicted molar refractivity (Wildman–Crippen MR) is 183 cm³/mol. The molecule has 4 heterocycles. The minimum atomic E-state index is -0.765. The number of halogens is 1. The third-order valence-electron chi connectivity index (χ3n) is 9.15. The molecule has 2 aliphatic rings. The van der Waals surface area contributed by atoms with Crippen molar-refractivity contribution in [1.29, 1.82) is 0 Å². The highest BCUT2D eigenvalue weighted by Gasteiger charge is 2.28. The van der Waals surface area contributed by atoms with Crippen molar-refractivity contribution in [3.8, 4) is 11.1 Å². The molecule has 0 radical (unpaired) electrons. The van der Waals surface area contributed by atoms with Crippen molar-refractivity contribution < 1.29 is 24.6 Å². The molecule has 4 aromatic rings. The van der Waals surface area contributed by atoms with Crippen LogP contribution in [0.15, 0.2) is 73.1 Å². The van der Waals surface area contributed by atoms with Crippen LogP contribution in [0, 0.1) is 12.8 Å². The van der Waals surface area contributed by atoms with Gasteiger partial charge < -0.3 is 15.5 Å². The molecule has 2 atom stereocenters. The van der Waals surface area contributed by atoms with E-state index in [9.17, 15) is 24.6 Å². The van der Waals surface area contributed by atoms with Crippen molar-refractivity contribution in [2.24, 2.45) is 5.92 Å². The Morgan fingerprint density at radius 2 is 1.50 bits per heavy atom. The van der Waals surface area contributed by atoms with Crippen LogP contribution >= 0.6 is 11.6 Å². The van der Waals surface area contributed by atoms with Crippen LogP contribution in [0.4, 0.5) is 5.69 Å². The number of aromatic nitrogens is 2. The highest BCUT2D eigenvalue weighted by Crippen LogP contribution is 2.36. The summed E-state index contributed by atoms with van der Waals surface area (Å²) in [5.41, 5.74) is 6.23. The predicted octanol–water partition coefficient (Wildman–Crippen LogP) is 5.26. The van der Waals surface area contributed by atoms with Gasteiger partial charge in [0.25, 0.3) is 5.91 Å². The molecule has 1 amide bonds. The van der Waals surface area contributed by atoms with Gasteiger partial charge in [0.15, 0.2) is 5.78 Å². The molecule has 2 aromatic heterocycles. The smallest absolute Gasteiger partial charge is 0.307 e. The minimum Gasteiger partial charge on any atom is -0.481 e. The van der Waals surface area contributed by atoms with Gasteiger partial charge in [-0.1, -0.05) is 54.1 Å². The molecule has 10 nitrogen and oxygen atoms in total. The zero-order valence-corrected chi connectivity index (χ0v) is 27.5. The Kier molecular flexibility index (Phi) is 10.3. The maximum absolute atomic E-state index is 13.2. The van der Waals surface area contributed by atoms with Gasteiger partial charge in [-0.3, -0.25) is 34.2 Å². The van der Waals surface area contributed by atoms with Crippen molar-refractivity contribution in [3.63, 3.8) is 0 Å². The maximum atomic E-state index is 13.2. The SMILES string of the molecule is Cc1c(NC(=O)c2ccc(CN3CC[C@H](C(=O)O)C3)cn2)cccc1-c1cccc(CC(=O)c2ccc(CN3CC[C@@H](O)C3)cn2)c1Cl. The molecule has 48 heavy (non-hydrogen) atoms. The second kappa shape index (κ2) is 14.7. The number of anilines is 1. The Hall–Kier alpha value is -4.48. The van der Waals surface area contributed by atoms with Gasteiger partial charge in [-0.2, -0.15) is 0 Å². The van der Waals surface area contributed by atoms with Crippen LogP contribution in [0.2, 0.25) is 5.02 Å². The number of β-amino-alcohol motifs (C(OH)–C–C–N with tert-alkyl or cyclic N) is 1. The molecule has 2 aliphatic heterocycles. The Bertz CT molecular complexity index is 1810. The first-order valence-corrected chi connectivity index (χ1v) is 16.5. The molecule has 6 rings (SSSR count). The standard InChI is InChI=1S/C37H38ClN5O5/c1-23-29(5-3-7-31(23)41-36(46)33-11-9-25(18-40-33)19-42-14-12-27(21-42)37(47)48)30-6-2-4-26(35(30)38)16-34(45)32-10-8-24(17-39-32)20-43-15-13-28(44)22-43/h2-11,17-18,27-28,44H,12-16,19-22H2,1H3,(H,41,46)(H,47,48)/t27-,28+/m0/s1. The molecule has 0 bridgehead atoms. The van der Waals surface area contributed by atoms with Crippen LogP contribution < -0.4 is 5.32 Å². The Morgan fingerprint density at radius 1 is 0.854 bits per heavy atom. The van der Waals surface area contributed by atoms with E-state index < -0.39 is 5.97 Å². The van der Waals surface area contributed by atoms with Crippen LogP contribution in [0.3, 0.4) is 0 Å². The number of Topliss-reactive ketones (excluding diaryl/α,β-unsaturated/α-hetero) is 1. The molecule has 3 N–H and O–H groups in total. The fourth-order valence-corrected chi connectivity index (χ4v) is 6.72. The number of ketones is 1. The number of likely N-dealkylation sites (tertiary alicyclic amines) is 2. The van der Waals surface area contributed by atoms with Crippen LogP contribution in [0.1, 0.15) is 56.1 Å². The average molecular weight is 668 g/mol. The molecule has 2 fully saturated rings. The Morgan fingerprint density at radius 3 is 2.12 bits per heavy atom. The number of aliphatic carboxylic acids is 1. The van der Waals surface area contributed by atoms with E-state index in [1.807, 2.05) is 55.5 Å². The van der Waals surface area contributed by atoms with E-state index in [0.717, 1.165) is 47.3 Å². The van der Waals surface area contributed by atoms with Gasteiger partial charge in [0.2, 0.25) is 0 Å². The summed E-state index contributed by atoms with van der Waals surface area (Å²) in [5, 5.41) is 22.4. The third kappa shape index (κ3) is 7.79. The van der Waals surface area contributed by atoms with Crippen molar-refractivity contribution in [3.05, 3.63) is 112 Å². The summed E-state index contributed by atoms with van der Waals surface area (Å²) >= 11 is 6.90. The van der Waals surface area contributed by atoms with Crippen molar-refractivity contribution >= 4 is 34.9 Å². The first-order valence-electron chi connectivity index (χ1n) is 16.1. The lowest BCUT2D eigenvalue weighted by atomic mass is 9.95. The van der Waals surface area contributed by atoms with Gasteiger partial charge in [-0.05, 0) is 72.3 Å². The number of aliphatic hydroxyl groups is 1. The van der Waals surface area contributed by atoms with Crippen molar-refractivity contribution in [1.82, 2.24) is 19.8 Å². The first kappa shape index (κ1) is 33.4. The zero-order valence-electron chi connectivity index (χ0n) is 26.7. The molecular formula is C37H38ClN5O5. The van der Waals surface area contributed by atoms with Crippen molar-refractivity contribution in [2.75, 3.05) is 31.5 Å². The molecule has 0 saturated carbocycles. The summed E-state index contributed by atoms with van der Waals surface area (Å²) in [7, 11) is 0. The average Bonchev–Trinajstić information content (AvgIpc) is 3.72. The van der Waals surface area contributed by atoms with Gasteiger partial charge in [-0.25, -0.2) is 0 Å². The molecule has 0 aliphatic carbocycles. The van der Waals surface area contributed by atoms with E-state index in [1.54, 1.807) is 24.5 Å². The minimum absolute atomic E-state index is 0.0897. The number of carboxylic acids is 1. The number of aliphatic hydroxyl groups excluding tert-OH is 1. The Balaban J connectivity index is 1.10. The number of hydrogen-bond donors (Lipinski definition) is 3. The number of nitrogens with zero attached hydrogens (tertiary/aromatic N) is 4. The molecule has 248 valence electrons. The first-order chi connectivity index (χ1) is 23.1. The maximum Gasteiger partial charge on any atom is 0.307 e. The van der Waals surface area contributed by atoms with Gasteiger partial charge in [0.05, 0.1) is 17.0 Å². The van der Waals surface area contributed by atoms with Gasteiger partial charge in [0, 0.05) is 62.8 Å². The largest absolute Gasteiger partial charge is 0.481 e. The number of nitrogens with one attached hydrogen (secondary N) is 1. The summed E-state index contributed by atoms with van der Waals surface area (Å²) in [6, 6.07) is 18.4. The van der Waals surface area contributed by atoms with Crippen LogP contribution in [-0.4, -0.2) is 79.9 Å². The van der Waals surface area contributed by atoms with E-state index >= 15 is 0 Å². The molecule has 11 heteroatoms. The quantitative estimate of drug-likeness (QED) is 0.183. The second-order valence-electron chi connectivity index (χ2n) is 12.7. The number of carbonyl (C=O) groups excluding carboxylic acids is 2. The number of carbonyl (C=O) groups is 3. The number of benzene rings is 2. The van der Waals surface area contributed by atoms with E-state index in [0.29, 0.717) is 54.6 Å². The highest BCUT2D eigenvalue weighted by atomic mass is 35.5. The highest BCUT2D eigenvalue weighted by molar-refractivity contribution is 6.34. The van der Waals surface area contributed by atoms with E-state index in [2.05, 4.69) is 25.1 Å². The summed E-state index contributed by atoms with van der Waals surface area (Å²) < 4.78 is 0. The molecule has 2 aromatic carbocycles. The monoisotopic (exact) mass is 667 g/mol. The number of hydrogen-bond acceptors (Lipinski definition) is 8.